The zero-order chi connectivity index (χ0) is 24.6. The lowest BCUT2D eigenvalue weighted by Crippen LogP contribution is -2.29. The number of anilines is 1. The number of carbonyl (C=O) groups is 1. The molecule has 0 atom stereocenters. The van der Waals surface area contributed by atoms with Gasteiger partial charge in [-0.3, -0.25) is 9.59 Å². The van der Waals surface area contributed by atoms with Gasteiger partial charge in [-0.25, -0.2) is 9.36 Å². The van der Waals surface area contributed by atoms with Crippen molar-refractivity contribution in [2.45, 2.75) is 33.5 Å². The van der Waals surface area contributed by atoms with Gasteiger partial charge in [-0.2, -0.15) is 23.4 Å². The molecule has 4 rings (SSSR count). The van der Waals surface area contributed by atoms with Gasteiger partial charge in [0.1, 0.15) is 5.82 Å². The van der Waals surface area contributed by atoms with E-state index < -0.39 is 17.6 Å². The summed E-state index contributed by atoms with van der Waals surface area (Å²) in [6.45, 7) is 5.85. The maximum Gasteiger partial charge on any atom is 0.416 e. The monoisotopic (exact) mass is 469 g/mol. The molecule has 0 bridgehead atoms. The molecule has 2 heterocycles. The SMILES string of the molecule is Cc1cc(NC(=O)c2nn(CC(C)C)c(=O)c3ccccc23)n(-c2cccc(C(F)(F)F)c2)n1. The van der Waals surface area contributed by atoms with Crippen LogP contribution in [-0.4, -0.2) is 25.5 Å². The molecule has 2 aromatic carbocycles. The maximum atomic E-state index is 13.3. The largest absolute Gasteiger partial charge is 0.416 e. The van der Waals surface area contributed by atoms with Crippen molar-refractivity contribution in [3.8, 4) is 5.69 Å². The van der Waals surface area contributed by atoms with Gasteiger partial charge in [0, 0.05) is 18.0 Å². The zero-order valence-corrected chi connectivity index (χ0v) is 18.7. The topological polar surface area (TPSA) is 81.8 Å². The van der Waals surface area contributed by atoms with Crippen LogP contribution in [0.3, 0.4) is 0 Å². The zero-order valence-electron chi connectivity index (χ0n) is 18.7. The molecule has 0 fully saturated rings. The molecule has 4 aromatic rings. The molecule has 7 nitrogen and oxygen atoms in total. The van der Waals surface area contributed by atoms with E-state index in [1.807, 2.05) is 13.8 Å². The van der Waals surface area contributed by atoms with Crippen LogP contribution in [0.4, 0.5) is 19.0 Å². The van der Waals surface area contributed by atoms with Crippen LogP contribution in [0.1, 0.15) is 35.6 Å². The third kappa shape index (κ3) is 4.57. The highest BCUT2D eigenvalue weighted by Gasteiger charge is 2.31. The summed E-state index contributed by atoms with van der Waals surface area (Å²) in [5, 5.41) is 12.0. The fourth-order valence-electron chi connectivity index (χ4n) is 3.65. The number of carbonyl (C=O) groups excluding carboxylic acids is 1. The average molecular weight is 469 g/mol. The Balaban J connectivity index is 1.77. The summed E-state index contributed by atoms with van der Waals surface area (Å²) >= 11 is 0. The second-order valence-corrected chi connectivity index (χ2v) is 8.36. The Morgan fingerprint density at radius 3 is 2.41 bits per heavy atom. The van der Waals surface area contributed by atoms with Crippen LogP contribution >= 0.6 is 0 Å². The van der Waals surface area contributed by atoms with Crippen LogP contribution in [-0.2, 0) is 12.7 Å². The third-order valence-corrected chi connectivity index (χ3v) is 5.11. The van der Waals surface area contributed by atoms with Crippen molar-refractivity contribution in [2.24, 2.45) is 5.92 Å². The highest BCUT2D eigenvalue weighted by Crippen LogP contribution is 2.31. The molecule has 34 heavy (non-hydrogen) atoms. The first kappa shape index (κ1) is 23.2. The molecule has 2 aromatic heterocycles. The smallest absolute Gasteiger partial charge is 0.305 e. The van der Waals surface area contributed by atoms with E-state index in [-0.39, 0.29) is 28.7 Å². The van der Waals surface area contributed by atoms with E-state index in [0.717, 1.165) is 12.1 Å². The molecule has 1 amide bonds. The van der Waals surface area contributed by atoms with E-state index in [1.54, 1.807) is 37.3 Å². The van der Waals surface area contributed by atoms with E-state index in [4.69, 9.17) is 0 Å². The van der Waals surface area contributed by atoms with Crippen LogP contribution in [0, 0.1) is 12.8 Å². The lowest BCUT2D eigenvalue weighted by Gasteiger charge is -2.14. The van der Waals surface area contributed by atoms with Gasteiger partial charge in [-0.15, -0.1) is 0 Å². The first-order valence-electron chi connectivity index (χ1n) is 10.6. The second kappa shape index (κ2) is 8.77. The van der Waals surface area contributed by atoms with Gasteiger partial charge in [0.15, 0.2) is 5.69 Å². The van der Waals surface area contributed by atoms with Gasteiger partial charge in [0.2, 0.25) is 0 Å². The summed E-state index contributed by atoms with van der Waals surface area (Å²) in [7, 11) is 0. The molecule has 0 saturated carbocycles. The van der Waals surface area contributed by atoms with Crippen LogP contribution in [0.5, 0.6) is 0 Å². The Morgan fingerprint density at radius 1 is 1.03 bits per heavy atom. The van der Waals surface area contributed by atoms with Crippen LogP contribution in [0.25, 0.3) is 16.5 Å². The Labute approximate surface area is 192 Å². The number of halogens is 3. The summed E-state index contributed by atoms with van der Waals surface area (Å²) in [4.78, 5) is 26.1. The molecule has 176 valence electrons. The van der Waals surface area contributed by atoms with Crippen molar-refractivity contribution in [2.75, 3.05) is 5.32 Å². The summed E-state index contributed by atoms with van der Waals surface area (Å²) in [5.41, 5.74) is -0.462. The fourth-order valence-corrected chi connectivity index (χ4v) is 3.65. The second-order valence-electron chi connectivity index (χ2n) is 8.36. The van der Waals surface area contributed by atoms with Crippen molar-refractivity contribution in [3.63, 3.8) is 0 Å². The number of alkyl halides is 3. The predicted molar refractivity (Wildman–Crippen MR) is 122 cm³/mol. The summed E-state index contributed by atoms with van der Waals surface area (Å²) < 4.78 is 42.1. The normalized spacial score (nSPS) is 11.9. The Hall–Kier alpha value is -3.95. The van der Waals surface area contributed by atoms with Crippen molar-refractivity contribution in [1.29, 1.82) is 0 Å². The summed E-state index contributed by atoms with van der Waals surface area (Å²) in [6, 6.07) is 12.9. The number of benzene rings is 2. The lowest BCUT2D eigenvalue weighted by atomic mass is 10.1. The molecule has 1 N–H and O–H groups in total. The molecule has 0 aliphatic rings. The first-order valence-corrected chi connectivity index (χ1v) is 10.6. The van der Waals surface area contributed by atoms with Gasteiger partial charge in [0.05, 0.1) is 22.3 Å². The highest BCUT2D eigenvalue weighted by atomic mass is 19.4. The van der Waals surface area contributed by atoms with E-state index in [1.165, 1.54) is 21.5 Å². The lowest BCUT2D eigenvalue weighted by molar-refractivity contribution is -0.137. The maximum absolute atomic E-state index is 13.3. The number of hydrogen-bond acceptors (Lipinski definition) is 4. The highest BCUT2D eigenvalue weighted by molar-refractivity contribution is 6.10. The number of amides is 1. The number of aryl methyl sites for hydroxylation is 1. The van der Waals surface area contributed by atoms with Crippen molar-refractivity contribution < 1.29 is 18.0 Å². The quantitative estimate of drug-likeness (QED) is 0.455. The van der Waals surface area contributed by atoms with E-state index in [2.05, 4.69) is 15.5 Å². The predicted octanol–water partition coefficient (Wildman–Crippen LogP) is 4.82. The number of nitrogens with one attached hydrogen (secondary N) is 1. The molecule has 0 unspecified atom stereocenters. The van der Waals surface area contributed by atoms with Gasteiger partial charge in [0.25, 0.3) is 11.5 Å². The van der Waals surface area contributed by atoms with Crippen LogP contribution < -0.4 is 10.9 Å². The van der Waals surface area contributed by atoms with Crippen molar-refractivity contribution in [3.05, 3.63) is 81.9 Å². The van der Waals surface area contributed by atoms with Gasteiger partial charge in [-0.05, 0) is 37.1 Å². The minimum absolute atomic E-state index is 0.0327. The number of fused-ring (bicyclic) bond motifs is 1. The molecular weight excluding hydrogens is 447 g/mol. The molecule has 0 aliphatic heterocycles. The van der Waals surface area contributed by atoms with Gasteiger partial charge < -0.3 is 5.32 Å². The van der Waals surface area contributed by atoms with E-state index in [9.17, 15) is 22.8 Å². The van der Waals surface area contributed by atoms with E-state index >= 15 is 0 Å². The Bertz CT molecular complexity index is 1440. The van der Waals surface area contributed by atoms with Crippen molar-refractivity contribution in [1.82, 2.24) is 19.6 Å². The number of aromatic nitrogens is 4. The molecule has 0 saturated heterocycles. The summed E-state index contributed by atoms with van der Waals surface area (Å²) in [5.74, 6) is -0.316. The van der Waals surface area contributed by atoms with Crippen LogP contribution in [0.15, 0.2) is 59.4 Å². The molecule has 0 aliphatic carbocycles. The first-order chi connectivity index (χ1) is 16.0. The van der Waals surface area contributed by atoms with Crippen LogP contribution in [0.2, 0.25) is 0 Å². The number of nitrogens with zero attached hydrogens (tertiary/aromatic N) is 4. The van der Waals surface area contributed by atoms with Gasteiger partial charge in [-0.1, -0.05) is 38.1 Å². The summed E-state index contributed by atoms with van der Waals surface area (Å²) in [6.07, 6.45) is -4.52. The molecule has 0 spiro atoms. The van der Waals surface area contributed by atoms with Gasteiger partial charge >= 0.3 is 6.18 Å². The number of hydrogen-bond donors (Lipinski definition) is 1. The standard InChI is InChI=1S/C24H22F3N5O2/c1-14(2)13-31-23(34)19-10-5-4-9-18(19)21(30-31)22(33)28-20-11-15(3)29-32(20)17-8-6-7-16(12-17)24(25,26)27/h4-12,14H,13H2,1-3H3,(H,28,33). The minimum Gasteiger partial charge on any atom is -0.305 e. The van der Waals surface area contributed by atoms with Crippen molar-refractivity contribution >= 4 is 22.5 Å². The number of rotatable bonds is 5. The Kier molecular flexibility index (Phi) is 5.99. The molecule has 10 heteroatoms. The fraction of sp³-hybridized carbons (Fsp3) is 0.250. The van der Waals surface area contributed by atoms with E-state index in [0.29, 0.717) is 23.0 Å². The third-order valence-electron chi connectivity index (χ3n) is 5.11. The molecule has 0 radical (unpaired) electrons. The minimum atomic E-state index is -4.52. The Morgan fingerprint density at radius 2 is 1.74 bits per heavy atom. The molecular formula is C24H22F3N5O2. The average Bonchev–Trinajstić information content (AvgIpc) is 3.14.